The average molecular weight is 315 g/mol. The van der Waals surface area contributed by atoms with Crippen LogP contribution in [0.3, 0.4) is 0 Å². The lowest BCUT2D eigenvalue weighted by molar-refractivity contribution is -0.121. The number of hydrogen-bond donors (Lipinski definition) is 3. The molecule has 0 radical (unpaired) electrons. The monoisotopic (exact) mass is 315 g/mol. The maximum Gasteiger partial charge on any atom is 0.220 e. The Hall–Kier alpha value is -0.610. The minimum atomic E-state index is -0.842. The molecule has 0 aliphatic rings. The summed E-state index contributed by atoms with van der Waals surface area (Å²) >= 11 is 0. The molecule has 0 aliphatic carbocycles. The van der Waals surface area contributed by atoms with E-state index in [1.807, 2.05) is 0 Å². The summed E-state index contributed by atoms with van der Waals surface area (Å²) < 4.78 is 0. The Morgan fingerprint density at radius 3 is 1.77 bits per heavy atom. The molecule has 0 rings (SSSR count). The molecule has 0 spiro atoms. The van der Waals surface area contributed by atoms with Crippen molar-refractivity contribution in [3.63, 3.8) is 0 Å². The van der Waals surface area contributed by atoms with Gasteiger partial charge in [-0.2, -0.15) is 0 Å². The first-order chi connectivity index (χ1) is 10.7. The van der Waals surface area contributed by atoms with Crippen LogP contribution in [-0.2, 0) is 4.79 Å². The van der Waals surface area contributed by atoms with E-state index in [1.165, 1.54) is 64.2 Å². The topological polar surface area (TPSA) is 69.6 Å². The lowest BCUT2D eigenvalue weighted by atomic mass is 10.0. The Bertz CT molecular complexity index is 246. The number of unbranched alkanes of at least 4 members (excludes halogenated alkanes) is 11. The number of nitrogens with one attached hydrogen (secondary N) is 1. The molecule has 0 aromatic carbocycles. The molecule has 4 heteroatoms. The molecule has 0 saturated heterocycles. The van der Waals surface area contributed by atoms with Crippen molar-refractivity contribution in [1.82, 2.24) is 5.32 Å². The summed E-state index contributed by atoms with van der Waals surface area (Å²) in [7, 11) is 0. The van der Waals surface area contributed by atoms with Gasteiger partial charge in [0.2, 0.25) is 5.91 Å². The lowest BCUT2D eigenvalue weighted by Crippen LogP contribution is -2.33. The number of amides is 1. The fourth-order valence-corrected chi connectivity index (χ4v) is 2.51. The summed E-state index contributed by atoms with van der Waals surface area (Å²) in [5.74, 6) is -0.0282. The zero-order valence-electron chi connectivity index (χ0n) is 14.5. The smallest absolute Gasteiger partial charge is 0.220 e. The second kappa shape index (κ2) is 16.8. The van der Waals surface area contributed by atoms with Crippen LogP contribution in [0.2, 0.25) is 0 Å². The second-order valence-corrected chi connectivity index (χ2v) is 6.28. The minimum absolute atomic E-state index is 0.0282. The number of carbonyl (C=O) groups excluding carboxylic acids is 1. The number of aliphatic hydroxyl groups is 2. The van der Waals surface area contributed by atoms with Crippen molar-refractivity contribution >= 4 is 5.91 Å². The molecule has 0 aromatic heterocycles. The van der Waals surface area contributed by atoms with E-state index in [0.29, 0.717) is 6.42 Å². The van der Waals surface area contributed by atoms with Crippen molar-refractivity contribution in [2.75, 3.05) is 13.2 Å². The van der Waals surface area contributed by atoms with Crippen LogP contribution in [0.25, 0.3) is 0 Å². The van der Waals surface area contributed by atoms with E-state index in [9.17, 15) is 4.79 Å². The van der Waals surface area contributed by atoms with Crippen LogP contribution in [-0.4, -0.2) is 35.4 Å². The Labute approximate surface area is 136 Å². The zero-order chi connectivity index (χ0) is 16.5. The molecule has 0 fully saturated rings. The van der Waals surface area contributed by atoms with Gasteiger partial charge in [-0.1, -0.05) is 77.6 Å². The molecule has 0 aliphatic heterocycles. The normalized spacial score (nSPS) is 12.3. The Balaban J connectivity index is 3.15. The molecule has 0 unspecified atom stereocenters. The number of hydrogen-bond acceptors (Lipinski definition) is 3. The molecule has 0 bridgehead atoms. The summed E-state index contributed by atoms with van der Waals surface area (Å²) in [6, 6.07) is 0. The van der Waals surface area contributed by atoms with E-state index in [0.717, 1.165) is 12.8 Å². The van der Waals surface area contributed by atoms with E-state index in [-0.39, 0.29) is 19.1 Å². The van der Waals surface area contributed by atoms with Gasteiger partial charge in [0.05, 0.1) is 12.7 Å². The second-order valence-electron chi connectivity index (χ2n) is 6.28. The van der Waals surface area contributed by atoms with Gasteiger partial charge in [0.15, 0.2) is 0 Å². The van der Waals surface area contributed by atoms with Crippen LogP contribution in [0, 0.1) is 0 Å². The SMILES string of the molecule is CCCCCCCCCCCCCCC(=O)NC[C@H](O)CO. The Kier molecular flexibility index (Phi) is 16.3. The number of aliphatic hydroxyl groups excluding tert-OH is 2. The van der Waals surface area contributed by atoms with Crippen molar-refractivity contribution in [1.29, 1.82) is 0 Å². The molecule has 4 nitrogen and oxygen atoms in total. The predicted octanol–water partition coefficient (Wildman–Crippen LogP) is 3.55. The maximum absolute atomic E-state index is 11.4. The van der Waals surface area contributed by atoms with E-state index in [1.54, 1.807) is 0 Å². The molecule has 0 aromatic rings. The summed E-state index contributed by atoms with van der Waals surface area (Å²) in [6.07, 6.45) is 15.1. The van der Waals surface area contributed by atoms with E-state index >= 15 is 0 Å². The van der Waals surface area contributed by atoms with Crippen molar-refractivity contribution in [2.45, 2.75) is 96.5 Å². The first-order valence-electron chi connectivity index (χ1n) is 9.26. The van der Waals surface area contributed by atoms with Crippen LogP contribution in [0.1, 0.15) is 90.4 Å². The van der Waals surface area contributed by atoms with Gasteiger partial charge in [-0.15, -0.1) is 0 Å². The van der Waals surface area contributed by atoms with Gasteiger partial charge in [0.1, 0.15) is 0 Å². The third-order valence-corrected chi connectivity index (χ3v) is 4.00. The van der Waals surface area contributed by atoms with Crippen molar-refractivity contribution in [2.24, 2.45) is 0 Å². The van der Waals surface area contributed by atoms with E-state index in [2.05, 4.69) is 12.2 Å². The largest absolute Gasteiger partial charge is 0.394 e. The highest BCUT2D eigenvalue weighted by molar-refractivity contribution is 5.75. The third kappa shape index (κ3) is 15.8. The highest BCUT2D eigenvalue weighted by Gasteiger charge is 2.05. The average Bonchev–Trinajstić information content (AvgIpc) is 2.53. The fourth-order valence-electron chi connectivity index (χ4n) is 2.51. The molecule has 132 valence electrons. The molecule has 22 heavy (non-hydrogen) atoms. The van der Waals surface area contributed by atoms with Crippen LogP contribution >= 0.6 is 0 Å². The Morgan fingerprint density at radius 2 is 1.32 bits per heavy atom. The molecule has 1 atom stereocenters. The van der Waals surface area contributed by atoms with E-state index < -0.39 is 6.10 Å². The third-order valence-electron chi connectivity index (χ3n) is 4.00. The lowest BCUT2D eigenvalue weighted by Gasteiger charge is -2.08. The number of carbonyl (C=O) groups is 1. The maximum atomic E-state index is 11.4. The van der Waals surface area contributed by atoms with Gasteiger partial charge < -0.3 is 15.5 Å². The highest BCUT2D eigenvalue weighted by Crippen LogP contribution is 2.12. The van der Waals surface area contributed by atoms with Gasteiger partial charge in [-0.05, 0) is 6.42 Å². The van der Waals surface area contributed by atoms with Gasteiger partial charge in [0, 0.05) is 13.0 Å². The Morgan fingerprint density at radius 1 is 0.864 bits per heavy atom. The predicted molar refractivity (Wildman–Crippen MR) is 91.8 cm³/mol. The molecule has 0 heterocycles. The first kappa shape index (κ1) is 21.4. The van der Waals surface area contributed by atoms with Crippen molar-refractivity contribution in [3.8, 4) is 0 Å². The summed E-state index contributed by atoms with van der Waals surface area (Å²) in [4.78, 5) is 11.4. The number of rotatable bonds is 16. The zero-order valence-corrected chi connectivity index (χ0v) is 14.5. The van der Waals surface area contributed by atoms with Crippen LogP contribution < -0.4 is 5.32 Å². The molecular weight excluding hydrogens is 278 g/mol. The van der Waals surface area contributed by atoms with Crippen LogP contribution in [0.15, 0.2) is 0 Å². The summed E-state index contributed by atoms with van der Waals surface area (Å²) in [5.41, 5.74) is 0. The van der Waals surface area contributed by atoms with Gasteiger partial charge in [0.25, 0.3) is 0 Å². The minimum Gasteiger partial charge on any atom is -0.394 e. The highest BCUT2D eigenvalue weighted by atomic mass is 16.3. The molecular formula is C18H37NO3. The first-order valence-corrected chi connectivity index (χ1v) is 9.26. The molecule has 0 saturated carbocycles. The standard InChI is InChI=1S/C18H37NO3/c1-2-3-4-5-6-7-8-9-10-11-12-13-14-18(22)19-15-17(21)16-20/h17,20-21H,2-16H2,1H3,(H,19,22)/t17-/m0/s1. The molecule has 3 N–H and O–H groups in total. The molecule has 1 amide bonds. The summed E-state index contributed by atoms with van der Waals surface area (Å²) in [6.45, 7) is 2.09. The van der Waals surface area contributed by atoms with Gasteiger partial charge in [-0.25, -0.2) is 0 Å². The quantitative estimate of drug-likeness (QED) is 0.382. The van der Waals surface area contributed by atoms with Gasteiger partial charge >= 0.3 is 0 Å². The van der Waals surface area contributed by atoms with Gasteiger partial charge in [-0.3, -0.25) is 4.79 Å². The van der Waals surface area contributed by atoms with E-state index in [4.69, 9.17) is 10.2 Å². The van der Waals surface area contributed by atoms with Crippen molar-refractivity contribution in [3.05, 3.63) is 0 Å². The van der Waals surface area contributed by atoms with Crippen LogP contribution in [0.4, 0.5) is 0 Å². The fraction of sp³-hybridized carbons (Fsp3) is 0.944. The van der Waals surface area contributed by atoms with Crippen molar-refractivity contribution < 1.29 is 15.0 Å². The summed E-state index contributed by atoms with van der Waals surface area (Å²) in [5, 5.41) is 20.4. The van der Waals surface area contributed by atoms with Crippen LogP contribution in [0.5, 0.6) is 0 Å².